The van der Waals surface area contributed by atoms with E-state index in [9.17, 15) is 25.3 Å². The van der Waals surface area contributed by atoms with Crippen molar-refractivity contribution in [3.05, 3.63) is 51.2 Å². The summed E-state index contributed by atoms with van der Waals surface area (Å²) >= 11 is 1.08. The first-order chi connectivity index (χ1) is 12.8. The van der Waals surface area contributed by atoms with E-state index in [1.165, 1.54) is 19.2 Å². The Balaban J connectivity index is 2.10. The maximum atomic E-state index is 12.1. The van der Waals surface area contributed by atoms with Crippen LogP contribution < -0.4 is 5.32 Å². The minimum atomic E-state index is -0.647. The number of pyridine rings is 1. The number of nitrogens with one attached hydrogen (secondary N) is 1. The third-order valence-corrected chi connectivity index (χ3v) is 4.39. The van der Waals surface area contributed by atoms with Gasteiger partial charge in [-0.2, -0.15) is 5.26 Å². The molecule has 27 heavy (non-hydrogen) atoms. The second-order valence-electron chi connectivity index (χ2n) is 5.44. The van der Waals surface area contributed by atoms with Crippen LogP contribution in [-0.4, -0.2) is 33.8 Å². The number of amides is 1. The lowest BCUT2D eigenvalue weighted by molar-refractivity contribution is -0.384. The van der Waals surface area contributed by atoms with Gasteiger partial charge in [0.1, 0.15) is 16.8 Å². The number of hydrogen-bond acceptors (Lipinski definition) is 8. The largest absolute Gasteiger partial charge is 0.506 e. The number of nitro groups is 1. The van der Waals surface area contributed by atoms with Gasteiger partial charge in [0.2, 0.25) is 5.91 Å². The molecule has 0 radical (unpaired) electrons. The third-order valence-electron chi connectivity index (χ3n) is 3.41. The quantitative estimate of drug-likeness (QED) is 0.319. The normalized spacial score (nSPS) is 10.3. The third kappa shape index (κ3) is 5.16. The lowest BCUT2D eigenvalue weighted by Crippen LogP contribution is -2.14. The smallest absolute Gasteiger partial charge is 0.273 e. The van der Waals surface area contributed by atoms with Crippen LogP contribution in [0.15, 0.2) is 29.3 Å². The summed E-state index contributed by atoms with van der Waals surface area (Å²) in [4.78, 5) is 26.5. The van der Waals surface area contributed by atoms with Crippen LogP contribution >= 0.6 is 11.8 Å². The summed E-state index contributed by atoms with van der Waals surface area (Å²) in [7, 11) is 1.52. The van der Waals surface area contributed by atoms with E-state index < -0.39 is 16.6 Å². The molecular weight excluding hydrogens is 372 g/mol. The van der Waals surface area contributed by atoms with E-state index in [4.69, 9.17) is 4.74 Å². The van der Waals surface area contributed by atoms with Crippen LogP contribution in [0.4, 0.5) is 11.4 Å². The first-order valence-electron chi connectivity index (χ1n) is 7.65. The van der Waals surface area contributed by atoms with Gasteiger partial charge in [-0.25, -0.2) is 4.98 Å². The van der Waals surface area contributed by atoms with Gasteiger partial charge < -0.3 is 15.2 Å². The van der Waals surface area contributed by atoms with Crippen molar-refractivity contribution < 1.29 is 19.6 Å². The number of carbonyl (C=O) groups excluding carboxylic acids is 1. The van der Waals surface area contributed by atoms with Gasteiger partial charge >= 0.3 is 0 Å². The first-order valence-corrected chi connectivity index (χ1v) is 8.64. The number of benzene rings is 1. The average Bonchev–Trinajstić information content (AvgIpc) is 2.61. The average molecular weight is 388 g/mol. The lowest BCUT2D eigenvalue weighted by atomic mass is 10.1. The minimum Gasteiger partial charge on any atom is -0.506 e. The molecule has 0 aliphatic heterocycles. The number of nitriles is 1. The zero-order valence-electron chi connectivity index (χ0n) is 14.6. The van der Waals surface area contributed by atoms with Crippen molar-refractivity contribution in [3.63, 3.8) is 0 Å². The summed E-state index contributed by atoms with van der Waals surface area (Å²) in [6.45, 7) is 2.03. The van der Waals surface area contributed by atoms with Gasteiger partial charge in [0.25, 0.3) is 5.69 Å². The Labute approximate surface area is 159 Å². The van der Waals surface area contributed by atoms with Gasteiger partial charge in [0, 0.05) is 18.9 Å². The highest BCUT2D eigenvalue weighted by Crippen LogP contribution is 2.29. The number of anilines is 1. The van der Waals surface area contributed by atoms with Gasteiger partial charge in [-0.3, -0.25) is 14.9 Å². The molecule has 0 aliphatic rings. The van der Waals surface area contributed by atoms with Crippen molar-refractivity contribution >= 4 is 29.0 Å². The Morgan fingerprint density at radius 3 is 2.81 bits per heavy atom. The Hall–Kier alpha value is -3.16. The Morgan fingerprint density at radius 2 is 2.22 bits per heavy atom. The molecule has 0 bridgehead atoms. The van der Waals surface area contributed by atoms with Crippen molar-refractivity contribution in [1.29, 1.82) is 5.26 Å². The van der Waals surface area contributed by atoms with Gasteiger partial charge in [-0.05, 0) is 24.6 Å². The van der Waals surface area contributed by atoms with Crippen LogP contribution in [0.5, 0.6) is 5.75 Å². The number of hydrogen-bond donors (Lipinski definition) is 2. The zero-order chi connectivity index (χ0) is 20.0. The fourth-order valence-corrected chi connectivity index (χ4v) is 3.13. The van der Waals surface area contributed by atoms with Crippen molar-refractivity contribution in [3.8, 4) is 11.8 Å². The fraction of sp³-hybridized carbons (Fsp3) is 0.235. The van der Waals surface area contributed by atoms with E-state index >= 15 is 0 Å². The number of phenols is 1. The first kappa shape index (κ1) is 20.2. The van der Waals surface area contributed by atoms with Crippen LogP contribution in [0.3, 0.4) is 0 Å². The number of aryl methyl sites for hydroxylation is 1. The maximum absolute atomic E-state index is 12.1. The van der Waals surface area contributed by atoms with E-state index in [0.717, 1.165) is 17.8 Å². The van der Waals surface area contributed by atoms with Gasteiger partial charge in [0.15, 0.2) is 0 Å². The Morgan fingerprint density at radius 1 is 1.48 bits per heavy atom. The van der Waals surface area contributed by atoms with E-state index in [-0.39, 0.29) is 23.7 Å². The molecule has 2 rings (SSSR count). The zero-order valence-corrected chi connectivity index (χ0v) is 15.4. The fourth-order valence-electron chi connectivity index (χ4n) is 2.26. The number of thioether (sulfide) groups is 1. The molecule has 1 heterocycles. The molecule has 9 nitrogen and oxygen atoms in total. The second-order valence-corrected chi connectivity index (χ2v) is 6.41. The summed E-state index contributed by atoms with van der Waals surface area (Å²) in [6, 6.07) is 7.21. The number of rotatable bonds is 7. The van der Waals surface area contributed by atoms with Gasteiger partial charge in [0.05, 0.1) is 34.6 Å². The SMILES string of the molecule is COCc1cc(C)nc(SCC(=O)Nc2ccc([N+](=O)[O-])cc2O)c1C#N. The topological polar surface area (TPSA) is 138 Å². The highest BCUT2D eigenvalue weighted by Gasteiger charge is 2.15. The summed E-state index contributed by atoms with van der Waals surface area (Å²) < 4.78 is 5.08. The Kier molecular flexibility index (Phi) is 6.70. The van der Waals surface area contributed by atoms with Gasteiger partial charge in [-0.15, -0.1) is 0 Å². The molecule has 1 amide bonds. The predicted octanol–water partition coefficient (Wildman–Crippen LogP) is 2.75. The second kappa shape index (κ2) is 8.98. The number of nitro benzene ring substituents is 1. The van der Waals surface area contributed by atoms with Crippen molar-refractivity contribution in [2.75, 3.05) is 18.2 Å². The highest BCUT2D eigenvalue weighted by molar-refractivity contribution is 8.00. The van der Waals surface area contributed by atoms with E-state index in [2.05, 4.69) is 16.4 Å². The van der Waals surface area contributed by atoms with E-state index in [0.29, 0.717) is 21.8 Å². The molecule has 0 spiro atoms. The minimum absolute atomic E-state index is 0.0592. The summed E-state index contributed by atoms with van der Waals surface area (Å²) in [6.07, 6.45) is 0. The van der Waals surface area contributed by atoms with Gasteiger partial charge in [-0.1, -0.05) is 11.8 Å². The molecule has 0 unspecified atom stereocenters. The number of nitrogens with zero attached hydrogens (tertiary/aromatic N) is 3. The monoisotopic (exact) mass is 388 g/mol. The van der Waals surface area contributed by atoms with Crippen LogP contribution in [0.25, 0.3) is 0 Å². The number of phenolic OH excluding ortho intramolecular Hbond substituents is 1. The number of carbonyl (C=O) groups is 1. The molecule has 0 saturated heterocycles. The standard InChI is InChI=1S/C17H16N4O5S/c1-10-5-11(8-26-2)13(7-18)17(19-10)27-9-16(23)20-14-4-3-12(21(24)25)6-15(14)22/h3-6,22H,8-9H2,1-2H3,(H,20,23). The predicted molar refractivity (Wildman–Crippen MR) is 98.5 cm³/mol. The molecule has 1 aromatic carbocycles. The molecular formula is C17H16N4O5S. The van der Waals surface area contributed by atoms with Crippen molar-refractivity contribution in [2.24, 2.45) is 0 Å². The van der Waals surface area contributed by atoms with Crippen LogP contribution in [0, 0.1) is 28.4 Å². The molecule has 0 aliphatic carbocycles. The van der Waals surface area contributed by atoms with Crippen LogP contribution in [0.2, 0.25) is 0 Å². The van der Waals surface area contributed by atoms with Crippen molar-refractivity contribution in [2.45, 2.75) is 18.6 Å². The number of aromatic hydroxyl groups is 1. The summed E-state index contributed by atoms with van der Waals surface area (Å²) in [5.74, 6) is -0.922. The molecule has 0 fully saturated rings. The number of ether oxygens (including phenoxy) is 1. The highest BCUT2D eigenvalue weighted by atomic mass is 32.2. The van der Waals surface area contributed by atoms with Crippen molar-refractivity contribution in [1.82, 2.24) is 4.98 Å². The molecule has 10 heteroatoms. The molecule has 2 N–H and O–H groups in total. The molecule has 140 valence electrons. The summed E-state index contributed by atoms with van der Waals surface area (Å²) in [5, 5.41) is 32.7. The summed E-state index contributed by atoms with van der Waals surface area (Å²) in [5.41, 5.74) is 1.50. The van der Waals surface area contributed by atoms with Crippen LogP contribution in [-0.2, 0) is 16.1 Å². The number of methoxy groups -OCH3 is 1. The number of non-ortho nitro benzene ring substituents is 1. The molecule has 1 aromatic heterocycles. The van der Waals surface area contributed by atoms with E-state index in [1.807, 2.05) is 0 Å². The maximum Gasteiger partial charge on any atom is 0.273 e. The number of aromatic nitrogens is 1. The Bertz CT molecular complexity index is 926. The molecule has 0 atom stereocenters. The lowest BCUT2D eigenvalue weighted by Gasteiger charge is -2.10. The molecule has 2 aromatic rings. The van der Waals surface area contributed by atoms with Crippen LogP contribution in [0.1, 0.15) is 16.8 Å². The molecule has 0 saturated carbocycles. The van der Waals surface area contributed by atoms with E-state index in [1.54, 1.807) is 13.0 Å².